The Morgan fingerprint density at radius 1 is 0.967 bits per heavy atom. The lowest BCUT2D eigenvalue weighted by atomic mass is 10.0. The number of aliphatic hydroxyl groups excluding tert-OH is 1. The third kappa shape index (κ3) is 4.58. The Kier molecular flexibility index (Phi) is 6.21. The molecular formula is C24H22ClNO4. The van der Waals surface area contributed by atoms with Gasteiger partial charge in [-0.05, 0) is 72.6 Å². The Morgan fingerprint density at radius 2 is 1.67 bits per heavy atom. The van der Waals surface area contributed by atoms with Crippen LogP contribution in [0.2, 0.25) is 5.02 Å². The van der Waals surface area contributed by atoms with Gasteiger partial charge >= 0.3 is 0 Å². The van der Waals surface area contributed by atoms with Gasteiger partial charge in [-0.3, -0.25) is 4.79 Å². The van der Waals surface area contributed by atoms with Gasteiger partial charge in [-0.1, -0.05) is 23.7 Å². The van der Waals surface area contributed by atoms with Gasteiger partial charge < -0.3 is 19.5 Å². The SMILES string of the molecule is O=C1CCC(c2cccc(OCCO)c2)N1c1ccc(Oc2ccc(Cl)cc2)cc1. The van der Waals surface area contributed by atoms with E-state index < -0.39 is 0 Å². The molecule has 0 saturated carbocycles. The molecular weight excluding hydrogens is 402 g/mol. The zero-order chi connectivity index (χ0) is 20.9. The standard InChI is InChI=1S/C24H22ClNO4/c25-18-4-8-20(9-5-18)30-21-10-6-19(7-11-21)26-23(12-13-24(26)28)17-2-1-3-22(16-17)29-15-14-27/h1-11,16,23,27H,12-15H2. The van der Waals surface area contributed by atoms with Crippen molar-refractivity contribution in [3.63, 3.8) is 0 Å². The number of amides is 1. The molecule has 0 bridgehead atoms. The molecule has 1 heterocycles. The van der Waals surface area contributed by atoms with Crippen molar-refractivity contribution in [1.29, 1.82) is 0 Å². The normalized spacial score (nSPS) is 16.0. The van der Waals surface area contributed by atoms with Crippen LogP contribution >= 0.6 is 11.6 Å². The second kappa shape index (κ2) is 9.20. The molecule has 1 aliphatic rings. The van der Waals surface area contributed by atoms with Crippen LogP contribution in [-0.2, 0) is 4.79 Å². The molecule has 5 nitrogen and oxygen atoms in total. The Labute approximate surface area is 180 Å². The highest BCUT2D eigenvalue weighted by Crippen LogP contribution is 2.38. The van der Waals surface area contributed by atoms with Crippen molar-refractivity contribution < 1.29 is 19.4 Å². The van der Waals surface area contributed by atoms with E-state index in [0.29, 0.717) is 28.7 Å². The minimum Gasteiger partial charge on any atom is -0.491 e. The van der Waals surface area contributed by atoms with Crippen LogP contribution in [0.25, 0.3) is 0 Å². The van der Waals surface area contributed by atoms with E-state index in [0.717, 1.165) is 17.7 Å². The van der Waals surface area contributed by atoms with Gasteiger partial charge in [0, 0.05) is 17.1 Å². The van der Waals surface area contributed by atoms with E-state index in [1.54, 1.807) is 12.1 Å². The molecule has 0 aliphatic carbocycles. The summed E-state index contributed by atoms with van der Waals surface area (Å²) in [6, 6.07) is 22.3. The number of aliphatic hydroxyl groups is 1. The molecule has 0 aromatic heterocycles. The van der Waals surface area contributed by atoms with Crippen molar-refractivity contribution in [2.24, 2.45) is 0 Å². The van der Waals surface area contributed by atoms with Crippen molar-refractivity contribution in [2.75, 3.05) is 18.1 Å². The van der Waals surface area contributed by atoms with E-state index in [4.69, 9.17) is 26.2 Å². The fraction of sp³-hybridized carbons (Fsp3) is 0.208. The lowest BCUT2D eigenvalue weighted by Crippen LogP contribution is -2.27. The average molecular weight is 424 g/mol. The third-order valence-electron chi connectivity index (χ3n) is 4.98. The molecule has 1 atom stereocenters. The number of halogens is 1. The highest BCUT2D eigenvalue weighted by atomic mass is 35.5. The lowest BCUT2D eigenvalue weighted by Gasteiger charge is -2.26. The van der Waals surface area contributed by atoms with Crippen LogP contribution < -0.4 is 14.4 Å². The van der Waals surface area contributed by atoms with Crippen LogP contribution in [-0.4, -0.2) is 24.2 Å². The van der Waals surface area contributed by atoms with Crippen molar-refractivity contribution in [3.05, 3.63) is 83.4 Å². The van der Waals surface area contributed by atoms with E-state index >= 15 is 0 Å². The number of hydrogen-bond acceptors (Lipinski definition) is 4. The number of nitrogens with zero attached hydrogens (tertiary/aromatic N) is 1. The maximum Gasteiger partial charge on any atom is 0.227 e. The number of benzene rings is 3. The largest absolute Gasteiger partial charge is 0.491 e. The first-order valence-corrected chi connectivity index (χ1v) is 10.2. The zero-order valence-corrected chi connectivity index (χ0v) is 17.1. The predicted molar refractivity (Wildman–Crippen MR) is 116 cm³/mol. The molecule has 154 valence electrons. The Morgan fingerprint density at radius 3 is 2.37 bits per heavy atom. The second-order valence-electron chi connectivity index (χ2n) is 7.01. The molecule has 3 aromatic rings. The average Bonchev–Trinajstić information content (AvgIpc) is 3.16. The Balaban J connectivity index is 1.53. The minimum atomic E-state index is -0.0572. The smallest absolute Gasteiger partial charge is 0.227 e. The van der Waals surface area contributed by atoms with E-state index in [1.165, 1.54) is 0 Å². The summed E-state index contributed by atoms with van der Waals surface area (Å²) in [4.78, 5) is 14.5. The van der Waals surface area contributed by atoms with Crippen LogP contribution in [0.5, 0.6) is 17.2 Å². The maximum absolute atomic E-state index is 12.6. The quantitative estimate of drug-likeness (QED) is 0.555. The minimum absolute atomic E-state index is 0.0390. The van der Waals surface area contributed by atoms with Crippen molar-refractivity contribution in [2.45, 2.75) is 18.9 Å². The number of rotatable bonds is 7. The summed E-state index contributed by atoms with van der Waals surface area (Å²) in [6.45, 7) is 0.203. The molecule has 4 rings (SSSR count). The summed E-state index contributed by atoms with van der Waals surface area (Å²) in [7, 11) is 0. The molecule has 1 amide bonds. The van der Waals surface area contributed by atoms with Crippen LogP contribution in [0.15, 0.2) is 72.8 Å². The molecule has 3 aromatic carbocycles. The van der Waals surface area contributed by atoms with Gasteiger partial charge in [-0.2, -0.15) is 0 Å². The molecule has 0 radical (unpaired) electrons. The van der Waals surface area contributed by atoms with Crippen LogP contribution in [0.3, 0.4) is 0 Å². The number of carbonyl (C=O) groups is 1. The number of hydrogen-bond donors (Lipinski definition) is 1. The molecule has 30 heavy (non-hydrogen) atoms. The van der Waals surface area contributed by atoms with E-state index in [-0.39, 0.29) is 25.2 Å². The highest BCUT2D eigenvalue weighted by Gasteiger charge is 2.33. The number of anilines is 1. The van der Waals surface area contributed by atoms with Gasteiger partial charge in [0.1, 0.15) is 23.9 Å². The number of ether oxygens (including phenoxy) is 2. The van der Waals surface area contributed by atoms with Gasteiger partial charge in [-0.15, -0.1) is 0 Å². The van der Waals surface area contributed by atoms with E-state index in [1.807, 2.05) is 65.6 Å². The zero-order valence-electron chi connectivity index (χ0n) is 16.3. The number of carbonyl (C=O) groups excluding carboxylic acids is 1. The van der Waals surface area contributed by atoms with E-state index in [2.05, 4.69) is 0 Å². The fourth-order valence-corrected chi connectivity index (χ4v) is 3.74. The summed E-state index contributed by atoms with van der Waals surface area (Å²) in [5.74, 6) is 2.16. The summed E-state index contributed by atoms with van der Waals surface area (Å²) >= 11 is 5.91. The first-order chi connectivity index (χ1) is 14.6. The van der Waals surface area contributed by atoms with Crippen molar-refractivity contribution in [1.82, 2.24) is 0 Å². The highest BCUT2D eigenvalue weighted by molar-refractivity contribution is 6.30. The molecule has 0 spiro atoms. The maximum atomic E-state index is 12.6. The lowest BCUT2D eigenvalue weighted by molar-refractivity contribution is -0.117. The molecule has 1 fully saturated rings. The molecule has 6 heteroatoms. The molecule has 1 saturated heterocycles. The van der Waals surface area contributed by atoms with Crippen LogP contribution in [0.4, 0.5) is 5.69 Å². The van der Waals surface area contributed by atoms with Crippen LogP contribution in [0.1, 0.15) is 24.4 Å². The Hall–Kier alpha value is -3.02. The topological polar surface area (TPSA) is 59.0 Å². The van der Waals surface area contributed by atoms with Gasteiger partial charge in [0.05, 0.1) is 12.6 Å². The summed E-state index contributed by atoms with van der Waals surface area (Å²) < 4.78 is 11.4. The van der Waals surface area contributed by atoms with E-state index in [9.17, 15) is 4.79 Å². The van der Waals surface area contributed by atoms with Gasteiger partial charge in [0.15, 0.2) is 0 Å². The summed E-state index contributed by atoms with van der Waals surface area (Å²) in [6.07, 6.45) is 1.24. The molecule has 1 aliphatic heterocycles. The van der Waals surface area contributed by atoms with Crippen molar-refractivity contribution >= 4 is 23.2 Å². The predicted octanol–water partition coefficient (Wildman–Crippen LogP) is 5.37. The third-order valence-corrected chi connectivity index (χ3v) is 5.23. The first kappa shape index (κ1) is 20.3. The molecule has 1 unspecified atom stereocenters. The van der Waals surface area contributed by atoms with Gasteiger partial charge in [-0.25, -0.2) is 0 Å². The fourth-order valence-electron chi connectivity index (χ4n) is 3.61. The second-order valence-corrected chi connectivity index (χ2v) is 7.45. The Bertz CT molecular complexity index is 1000. The summed E-state index contributed by atoms with van der Waals surface area (Å²) in [5, 5.41) is 9.62. The monoisotopic (exact) mass is 423 g/mol. The first-order valence-electron chi connectivity index (χ1n) is 9.83. The molecule has 1 N–H and O–H groups in total. The van der Waals surface area contributed by atoms with Crippen LogP contribution in [0, 0.1) is 0 Å². The summed E-state index contributed by atoms with van der Waals surface area (Å²) in [5.41, 5.74) is 1.84. The van der Waals surface area contributed by atoms with Gasteiger partial charge in [0.25, 0.3) is 0 Å². The van der Waals surface area contributed by atoms with Gasteiger partial charge in [0.2, 0.25) is 5.91 Å². The van der Waals surface area contributed by atoms with Crippen molar-refractivity contribution in [3.8, 4) is 17.2 Å².